The van der Waals surface area contributed by atoms with E-state index in [1.165, 1.54) is 32.7 Å². The molecule has 0 aliphatic heterocycles. The minimum atomic E-state index is 1.32. The van der Waals surface area contributed by atoms with E-state index in [4.69, 9.17) is 0 Å². The van der Waals surface area contributed by atoms with Crippen LogP contribution < -0.4 is 0 Å². The van der Waals surface area contributed by atoms with Crippen LogP contribution in [0.2, 0.25) is 0 Å². The van der Waals surface area contributed by atoms with Gasteiger partial charge in [-0.15, -0.1) is 0 Å². The van der Waals surface area contributed by atoms with Gasteiger partial charge in [-0.05, 0) is 47.5 Å². The molecule has 0 N–H and O–H groups in total. The molecular formula is C16H14. The summed E-state index contributed by atoms with van der Waals surface area (Å²) in [5.41, 5.74) is 2.64. The van der Waals surface area contributed by atoms with Gasteiger partial charge in [0, 0.05) is 0 Å². The number of fused-ring (bicyclic) bond motifs is 2. The Hall–Kier alpha value is -1.82. The van der Waals surface area contributed by atoms with Crippen LogP contribution in [0.4, 0.5) is 0 Å². The molecule has 0 unspecified atom stereocenters. The minimum Gasteiger partial charge on any atom is -0.0587 e. The summed E-state index contributed by atoms with van der Waals surface area (Å²) in [5, 5.41) is 5.31. The van der Waals surface area contributed by atoms with E-state index in [0.717, 1.165) is 0 Å². The Labute approximate surface area is 95.5 Å². The zero-order valence-corrected chi connectivity index (χ0v) is 9.62. The summed E-state index contributed by atoms with van der Waals surface area (Å²) in [6, 6.07) is 17.8. The summed E-state index contributed by atoms with van der Waals surface area (Å²) >= 11 is 0. The molecule has 0 aliphatic carbocycles. The molecular weight excluding hydrogens is 192 g/mol. The van der Waals surface area contributed by atoms with Crippen molar-refractivity contribution in [3.63, 3.8) is 0 Å². The van der Waals surface area contributed by atoms with E-state index in [1.807, 2.05) is 0 Å². The average Bonchev–Trinajstić information content (AvgIpc) is 2.26. The van der Waals surface area contributed by atoms with Crippen LogP contribution in [0.5, 0.6) is 0 Å². The maximum Gasteiger partial charge on any atom is -0.0175 e. The largest absolute Gasteiger partial charge is 0.0587 e. The van der Waals surface area contributed by atoms with Gasteiger partial charge < -0.3 is 0 Å². The van der Waals surface area contributed by atoms with E-state index >= 15 is 0 Å². The van der Waals surface area contributed by atoms with Crippen LogP contribution in [0.3, 0.4) is 0 Å². The lowest BCUT2D eigenvalue weighted by atomic mass is 10.0. The highest BCUT2D eigenvalue weighted by Gasteiger charge is 1.98. The fraction of sp³-hybridized carbons (Fsp3) is 0.125. The lowest BCUT2D eigenvalue weighted by Crippen LogP contribution is -1.79. The van der Waals surface area contributed by atoms with Gasteiger partial charge in [0.05, 0.1) is 0 Å². The number of hydrogen-bond donors (Lipinski definition) is 0. The monoisotopic (exact) mass is 206 g/mol. The van der Waals surface area contributed by atoms with E-state index in [-0.39, 0.29) is 0 Å². The smallest absolute Gasteiger partial charge is 0.0175 e. The van der Waals surface area contributed by atoms with E-state index in [2.05, 4.69) is 62.4 Å². The van der Waals surface area contributed by atoms with E-state index in [9.17, 15) is 0 Å². The first-order chi connectivity index (χ1) is 7.72. The summed E-state index contributed by atoms with van der Waals surface area (Å²) < 4.78 is 0. The molecule has 0 saturated heterocycles. The second kappa shape index (κ2) is 3.34. The van der Waals surface area contributed by atoms with Crippen molar-refractivity contribution >= 4 is 21.5 Å². The summed E-state index contributed by atoms with van der Waals surface area (Å²) in [5.74, 6) is 0. The van der Waals surface area contributed by atoms with Crippen LogP contribution in [-0.4, -0.2) is 0 Å². The lowest BCUT2D eigenvalue weighted by molar-refractivity contribution is 1.50. The van der Waals surface area contributed by atoms with Crippen molar-refractivity contribution < 1.29 is 0 Å². The van der Waals surface area contributed by atoms with Crippen molar-refractivity contribution in [1.82, 2.24) is 0 Å². The van der Waals surface area contributed by atoms with Gasteiger partial charge in [-0.3, -0.25) is 0 Å². The Morgan fingerprint density at radius 2 is 0.938 bits per heavy atom. The zero-order valence-electron chi connectivity index (χ0n) is 9.62. The highest BCUT2D eigenvalue weighted by atomic mass is 14.0. The number of benzene rings is 3. The first-order valence-corrected chi connectivity index (χ1v) is 5.63. The maximum atomic E-state index is 2.27. The van der Waals surface area contributed by atoms with Crippen molar-refractivity contribution in [3.05, 3.63) is 59.7 Å². The molecule has 0 atom stereocenters. The van der Waals surface area contributed by atoms with Crippen molar-refractivity contribution in [2.45, 2.75) is 13.8 Å². The van der Waals surface area contributed by atoms with Gasteiger partial charge in [0.2, 0.25) is 0 Å². The number of hydrogen-bond acceptors (Lipinski definition) is 0. The summed E-state index contributed by atoms with van der Waals surface area (Å²) in [6.07, 6.45) is 0. The van der Waals surface area contributed by atoms with Crippen LogP contribution in [0.25, 0.3) is 21.5 Å². The molecule has 3 aromatic rings. The average molecular weight is 206 g/mol. The van der Waals surface area contributed by atoms with Gasteiger partial charge >= 0.3 is 0 Å². The standard InChI is InChI=1S/C16H14/c1-11-3-5-13-10-16-8-12(2)4-6-14(16)9-15(13)7-11/h3-10H,1-2H3. The molecule has 0 amide bonds. The van der Waals surface area contributed by atoms with Crippen LogP contribution in [-0.2, 0) is 0 Å². The molecule has 3 aromatic carbocycles. The van der Waals surface area contributed by atoms with Gasteiger partial charge in [0.1, 0.15) is 0 Å². The SMILES string of the molecule is Cc1ccc2cc3cc(C)ccc3cc2c1. The third kappa shape index (κ3) is 1.47. The minimum absolute atomic E-state index is 1.32. The van der Waals surface area contributed by atoms with Gasteiger partial charge in [-0.1, -0.05) is 47.5 Å². The molecule has 0 aliphatic rings. The van der Waals surface area contributed by atoms with E-state index in [0.29, 0.717) is 0 Å². The van der Waals surface area contributed by atoms with Gasteiger partial charge in [0.25, 0.3) is 0 Å². The molecule has 78 valence electrons. The van der Waals surface area contributed by atoms with Crippen LogP contribution in [0, 0.1) is 13.8 Å². The lowest BCUT2D eigenvalue weighted by Gasteiger charge is -2.04. The summed E-state index contributed by atoms with van der Waals surface area (Å²) in [6.45, 7) is 4.28. The van der Waals surface area contributed by atoms with Crippen LogP contribution >= 0.6 is 0 Å². The van der Waals surface area contributed by atoms with Crippen molar-refractivity contribution in [3.8, 4) is 0 Å². The Kier molecular flexibility index (Phi) is 1.97. The topological polar surface area (TPSA) is 0 Å². The Morgan fingerprint density at radius 1 is 0.500 bits per heavy atom. The Bertz CT molecular complexity index is 616. The van der Waals surface area contributed by atoms with Crippen LogP contribution in [0.15, 0.2) is 48.5 Å². The zero-order chi connectivity index (χ0) is 11.1. The molecule has 0 nitrogen and oxygen atoms in total. The summed E-state index contributed by atoms with van der Waals surface area (Å²) in [4.78, 5) is 0. The second-order valence-corrected chi connectivity index (χ2v) is 4.55. The van der Waals surface area contributed by atoms with Crippen molar-refractivity contribution in [2.75, 3.05) is 0 Å². The molecule has 3 rings (SSSR count). The second-order valence-electron chi connectivity index (χ2n) is 4.55. The molecule has 0 fully saturated rings. The van der Waals surface area contributed by atoms with E-state index < -0.39 is 0 Å². The Morgan fingerprint density at radius 3 is 1.38 bits per heavy atom. The quantitative estimate of drug-likeness (QED) is 0.471. The third-order valence-corrected chi connectivity index (χ3v) is 3.11. The Balaban J connectivity index is 2.44. The van der Waals surface area contributed by atoms with Gasteiger partial charge in [0.15, 0.2) is 0 Å². The molecule has 0 aromatic heterocycles. The first-order valence-electron chi connectivity index (χ1n) is 5.63. The molecule has 0 spiro atoms. The predicted octanol–water partition coefficient (Wildman–Crippen LogP) is 4.61. The molecule has 0 bridgehead atoms. The third-order valence-electron chi connectivity index (χ3n) is 3.11. The molecule has 16 heavy (non-hydrogen) atoms. The molecule has 0 heteroatoms. The fourth-order valence-corrected chi connectivity index (χ4v) is 2.24. The van der Waals surface area contributed by atoms with Crippen LogP contribution in [0.1, 0.15) is 11.1 Å². The van der Waals surface area contributed by atoms with Gasteiger partial charge in [-0.25, -0.2) is 0 Å². The molecule has 0 saturated carbocycles. The highest BCUT2D eigenvalue weighted by molar-refractivity contribution is 5.98. The van der Waals surface area contributed by atoms with Gasteiger partial charge in [-0.2, -0.15) is 0 Å². The van der Waals surface area contributed by atoms with E-state index in [1.54, 1.807) is 0 Å². The highest BCUT2D eigenvalue weighted by Crippen LogP contribution is 2.24. The van der Waals surface area contributed by atoms with Crippen molar-refractivity contribution in [1.29, 1.82) is 0 Å². The maximum absolute atomic E-state index is 2.27. The fourth-order valence-electron chi connectivity index (χ4n) is 2.24. The first kappa shape index (κ1) is 9.41. The van der Waals surface area contributed by atoms with Crippen molar-refractivity contribution in [2.24, 2.45) is 0 Å². The number of rotatable bonds is 0. The summed E-state index contributed by atoms with van der Waals surface area (Å²) in [7, 11) is 0. The normalized spacial score (nSPS) is 11.1. The molecule has 0 radical (unpaired) electrons. The predicted molar refractivity (Wildman–Crippen MR) is 70.9 cm³/mol. The molecule has 0 heterocycles. The number of aryl methyl sites for hydroxylation is 2.